The van der Waals surface area contributed by atoms with Gasteiger partial charge in [0.15, 0.2) is 0 Å². The average molecular weight is 128 g/mol. The number of unbranched alkanes of at least 4 members (excludes halogenated alkanes) is 1. The number of hydrazine groups is 1. The Morgan fingerprint density at radius 1 is 1.33 bits per heavy atom. The summed E-state index contributed by atoms with van der Waals surface area (Å²) in [6, 6.07) is 0. The van der Waals surface area contributed by atoms with Crippen molar-refractivity contribution < 1.29 is 0 Å². The van der Waals surface area contributed by atoms with Crippen LogP contribution in [0.5, 0.6) is 0 Å². The van der Waals surface area contributed by atoms with Gasteiger partial charge in [0.05, 0.1) is 0 Å². The first-order chi connectivity index (χ1) is 4.41. The van der Waals surface area contributed by atoms with E-state index >= 15 is 0 Å². The monoisotopic (exact) mass is 128 g/mol. The molecule has 0 aliphatic carbocycles. The lowest BCUT2D eigenvalue weighted by atomic mass is 10.4. The standard InChI is InChI=1S/C4H10.C3H6N2/c1-3-4-2;1-2-4-5-3-1/h3-4H2,1-2H3;1-2,4-5H,3H2. The minimum atomic E-state index is 0.958. The highest BCUT2D eigenvalue weighted by Gasteiger charge is 1.78. The lowest BCUT2D eigenvalue weighted by Gasteiger charge is -1.83. The first-order valence-electron chi connectivity index (χ1n) is 3.55. The maximum absolute atomic E-state index is 2.86. The van der Waals surface area contributed by atoms with Crippen LogP contribution in [0.15, 0.2) is 12.3 Å². The fourth-order valence-electron chi connectivity index (χ4n) is 0.295. The smallest absolute Gasteiger partial charge is 0.0345 e. The van der Waals surface area contributed by atoms with Gasteiger partial charge < -0.3 is 5.43 Å². The Balaban J connectivity index is 0.000000148. The van der Waals surface area contributed by atoms with Gasteiger partial charge in [-0.15, -0.1) is 0 Å². The summed E-state index contributed by atoms with van der Waals surface area (Å²) >= 11 is 0. The van der Waals surface area contributed by atoms with E-state index in [1.165, 1.54) is 12.8 Å². The fraction of sp³-hybridized carbons (Fsp3) is 0.714. The summed E-state index contributed by atoms with van der Waals surface area (Å²) in [5, 5.41) is 0. The molecule has 2 nitrogen and oxygen atoms in total. The fourth-order valence-corrected chi connectivity index (χ4v) is 0.295. The Morgan fingerprint density at radius 3 is 2.11 bits per heavy atom. The Morgan fingerprint density at radius 2 is 2.00 bits per heavy atom. The quantitative estimate of drug-likeness (QED) is 0.558. The molecular weight excluding hydrogens is 112 g/mol. The minimum Gasteiger partial charge on any atom is -0.329 e. The van der Waals surface area contributed by atoms with Gasteiger partial charge in [-0.3, -0.25) is 0 Å². The second-order valence-electron chi connectivity index (χ2n) is 1.93. The molecule has 1 aliphatic heterocycles. The zero-order valence-corrected chi connectivity index (χ0v) is 6.28. The molecule has 0 unspecified atom stereocenters. The van der Waals surface area contributed by atoms with Crippen LogP contribution in [0.3, 0.4) is 0 Å². The van der Waals surface area contributed by atoms with E-state index in [-0.39, 0.29) is 0 Å². The highest BCUT2D eigenvalue weighted by atomic mass is 15.4. The van der Waals surface area contributed by atoms with Crippen molar-refractivity contribution in [3.8, 4) is 0 Å². The van der Waals surface area contributed by atoms with Gasteiger partial charge in [0, 0.05) is 12.7 Å². The van der Waals surface area contributed by atoms with E-state index in [9.17, 15) is 0 Å². The van der Waals surface area contributed by atoms with Crippen molar-refractivity contribution in [2.75, 3.05) is 6.54 Å². The van der Waals surface area contributed by atoms with Crippen LogP contribution in [-0.2, 0) is 0 Å². The zero-order chi connectivity index (χ0) is 6.95. The maximum atomic E-state index is 2.86. The van der Waals surface area contributed by atoms with Crippen LogP contribution < -0.4 is 10.9 Å². The minimum absolute atomic E-state index is 0.958. The van der Waals surface area contributed by atoms with Gasteiger partial charge in [-0.25, -0.2) is 5.43 Å². The molecule has 0 amide bonds. The van der Waals surface area contributed by atoms with Crippen LogP contribution in [0.4, 0.5) is 0 Å². The Labute approximate surface area is 57.3 Å². The SMILES string of the molecule is C1=CNNC1.CCCC. The van der Waals surface area contributed by atoms with Gasteiger partial charge in [0.25, 0.3) is 0 Å². The topological polar surface area (TPSA) is 24.1 Å². The van der Waals surface area contributed by atoms with E-state index in [2.05, 4.69) is 24.7 Å². The lowest BCUT2D eigenvalue weighted by Crippen LogP contribution is -2.19. The molecule has 0 radical (unpaired) electrons. The molecule has 0 atom stereocenters. The molecule has 2 N–H and O–H groups in total. The average Bonchev–Trinajstić information content (AvgIpc) is 2.43. The van der Waals surface area contributed by atoms with Gasteiger partial charge in [-0.2, -0.15) is 0 Å². The van der Waals surface area contributed by atoms with Crippen LogP contribution in [-0.4, -0.2) is 6.54 Å². The van der Waals surface area contributed by atoms with Crippen LogP contribution in [0.25, 0.3) is 0 Å². The third-order valence-electron chi connectivity index (χ3n) is 1.02. The summed E-state index contributed by atoms with van der Waals surface area (Å²) in [5.41, 5.74) is 5.65. The molecule has 0 spiro atoms. The molecule has 1 heterocycles. The Kier molecular flexibility index (Phi) is 7.08. The van der Waals surface area contributed by atoms with Crippen molar-refractivity contribution in [1.29, 1.82) is 0 Å². The molecule has 0 aromatic heterocycles. The molecule has 0 bridgehead atoms. The van der Waals surface area contributed by atoms with Crippen molar-refractivity contribution in [3.63, 3.8) is 0 Å². The molecule has 0 aromatic rings. The molecule has 9 heavy (non-hydrogen) atoms. The number of hydrogen-bond acceptors (Lipinski definition) is 2. The number of nitrogens with one attached hydrogen (secondary N) is 2. The molecule has 0 saturated heterocycles. The first-order valence-corrected chi connectivity index (χ1v) is 3.55. The number of hydrogen-bond donors (Lipinski definition) is 2. The summed E-state index contributed by atoms with van der Waals surface area (Å²) in [5.74, 6) is 0. The summed E-state index contributed by atoms with van der Waals surface area (Å²) in [6.45, 7) is 5.32. The van der Waals surface area contributed by atoms with E-state index in [0.29, 0.717) is 0 Å². The molecule has 2 heteroatoms. The molecule has 1 aliphatic rings. The van der Waals surface area contributed by atoms with Crippen LogP contribution >= 0.6 is 0 Å². The van der Waals surface area contributed by atoms with Gasteiger partial charge in [-0.1, -0.05) is 32.8 Å². The van der Waals surface area contributed by atoms with Crippen LogP contribution in [0.1, 0.15) is 26.7 Å². The largest absolute Gasteiger partial charge is 0.329 e. The third-order valence-corrected chi connectivity index (χ3v) is 1.02. The van der Waals surface area contributed by atoms with E-state index in [1.54, 1.807) is 0 Å². The van der Waals surface area contributed by atoms with Gasteiger partial charge in [0.2, 0.25) is 0 Å². The van der Waals surface area contributed by atoms with Crippen LogP contribution in [0.2, 0.25) is 0 Å². The molecule has 0 fully saturated rings. The second-order valence-corrected chi connectivity index (χ2v) is 1.93. The summed E-state index contributed by atoms with van der Waals surface area (Å²) < 4.78 is 0. The predicted molar refractivity (Wildman–Crippen MR) is 40.9 cm³/mol. The van der Waals surface area contributed by atoms with E-state index in [4.69, 9.17) is 0 Å². The molecule has 1 rings (SSSR count). The Bertz CT molecular complexity index is 61.3. The molecule has 54 valence electrons. The van der Waals surface area contributed by atoms with Crippen molar-refractivity contribution >= 4 is 0 Å². The molecule has 0 saturated carbocycles. The highest BCUT2D eigenvalue weighted by Crippen LogP contribution is 1.76. The summed E-state index contributed by atoms with van der Waals surface area (Å²) in [6.07, 6.45) is 6.53. The predicted octanol–water partition coefficient (Wildman–Crippen LogP) is 1.41. The van der Waals surface area contributed by atoms with Gasteiger partial charge >= 0.3 is 0 Å². The van der Waals surface area contributed by atoms with Gasteiger partial charge in [0.1, 0.15) is 0 Å². The second kappa shape index (κ2) is 7.50. The van der Waals surface area contributed by atoms with E-state index < -0.39 is 0 Å². The van der Waals surface area contributed by atoms with E-state index in [0.717, 1.165) is 6.54 Å². The molecular formula is C7H16N2. The van der Waals surface area contributed by atoms with Crippen LogP contribution in [0, 0.1) is 0 Å². The normalized spacial score (nSPS) is 14.0. The van der Waals surface area contributed by atoms with Crippen molar-refractivity contribution in [2.24, 2.45) is 0 Å². The van der Waals surface area contributed by atoms with E-state index in [1.807, 2.05) is 12.3 Å². The Hall–Kier alpha value is -0.500. The molecule has 0 aromatic carbocycles. The third kappa shape index (κ3) is 7.50. The van der Waals surface area contributed by atoms with Gasteiger partial charge in [-0.05, 0) is 0 Å². The summed E-state index contributed by atoms with van der Waals surface area (Å²) in [4.78, 5) is 0. The van der Waals surface area contributed by atoms with Crippen molar-refractivity contribution in [1.82, 2.24) is 10.9 Å². The zero-order valence-electron chi connectivity index (χ0n) is 6.28. The summed E-state index contributed by atoms with van der Waals surface area (Å²) in [7, 11) is 0. The lowest BCUT2D eigenvalue weighted by molar-refractivity contribution is 0.727. The number of rotatable bonds is 1. The van der Waals surface area contributed by atoms with Crippen molar-refractivity contribution in [3.05, 3.63) is 12.3 Å². The van der Waals surface area contributed by atoms with Crippen molar-refractivity contribution in [2.45, 2.75) is 26.7 Å². The highest BCUT2D eigenvalue weighted by molar-refractivity contribution is 4.85. The maximum Gasteiger partial charge on any atom is 0.0345 e. The first kappa shape index (κ1) is 8.50.